The van der Waals surface area contributed by atoms with Crippen LogP contribution in [0.1, 0.15) is 5.56 Å². The Morgan fingerprint density at radius 2 is 1.97 bits per heavy atom. The Kier molecular flexibility index (Phi) is 5.50. The molecule has 30 heavy (non-hydrogen) atoms. The van der Waals surface area contributed by atoms with Crippen LogP contribution >= 0.6 is 11.8 Å². The molecule has 0 radical (unpaired) electrons. The largest absolute Gasteiger partial charge is 0.324 e. The zero-order chi connectivity index (χ0) is 21.1. The lowest BCUT2D eigenvalue weighted by molar-refractivity contribution is -0.136. The molecule has 3 aromatic rings. The molecule has 1 aromatic heterocycles. The third-order valence-corrected chi connectivity index (χ3v) is 5.84. The normalized spacial score (nSPS) is 15.7. The Balaban J connectivity index is 1.48. The Bertz CT molecular complexity index is 1220. The average Bonchev–Trinajstić information content (AvgIpc) is 3.27. The highest BCUT2D eigenvalue weighted by Crippen LogP contribution is 2.23. The number of nitrogens with zero attached hydrogens (tertiary/aromatic N) is 4. The van der Waals surface area contributed by atoms with Crippen LogP contribution in [0.15, 0.2) is 59.7 Å². The fraction of sp³-hybridized carbons (Fsp3) is 0.190. The average molecular weight is 419 g/mol. The fourth-order valence-corrected chi connectivity index (χ4v) is 4.40. The zero-order valence-electron chi connectivity index (χ0n) is 15.8. The third-order valence-electron chi connectivity index (χ3n) is 4.82. The van der Waals surface area contributed by atoms with Crippen LogP contribution < -0.4 is 10.9 Å². The number of nitrogens with one attached hydrogen (secondary N) is 1. The maximum absolute atomic E-state index is 12.9. The number of hydrogen-bond donors (Lipinski definition) is 1. The van der Waals surface area contributed by atoms with Gasteiger partial charge >= 0.3 is 0 Å². The van der Waals surface area contributed by atoms with Crippen molar-refractivity contribution in [3.05, 3.63) is 70.8 Å². The number of amides is 2. The standard InChI is InChI=1S/C21H17N5O3S/c22-9-14-5-7-15(8-6-14)24-20(28)18-11-30-13-26(18)19(27)10-25-12-23-17-4-2-1-3-16(17)21(25)29/h1-8,12,18H,10-11,13H2,(H,24,28). The highest BCUT2D eigenvalue weighted by Gasteiger charge is 2.34. The highest BCUT2D eigenvalue weighted by molar-refractivity contribution is 7.99. The minimum absolute atomic E-state index is 0.183. The van der Waals surface area contributed by atoms with Crippen molar-refractivity contribution in [2.45, 2.75) is 12.6 Å². The second-order valence-corrected chi connectivity index (χ2v) is 7.75. The Hall–Kier alpha value is -3.64. The number of hydrogen-bond acceptors (Lipinski definition) is 6. The molecule has 2 aromatic carbocycles. The van der Waals surface area contributed by atoms with Crippen LogP contribution in [0.3, 0.4) is 0 Å². The molecule has 9 heteroatoms. The molecule has 1 aliphatic rings. The number of aromatic nitrogens is 2. The molecular weight excluding hydrogens is 402 g/mol. The van der Waals surface area contributed by atoms with E-state index in [2.05, 4.69) is 10.3 Å². The van der Waals surface area contributed by atoms with E-state index < -0.39 is 6.04 Å². The van der Waals surface area contributed by atoms with Crippen LogP contribution in [-0.4, -0.2) is 43.9 Å². The summed E-state index contributed by atoms with van der Waals surface area (Å²) < 4.78 is 1.27. The molecule has 1 aliphatic heterocycles. The first-order valence-corrected chi connectivity index (χ1v) is 10.3. The maximum atomic E-state index is 12.9. The van der Waals surface area contributed by atoms with Gasteiger partial charge in [0.1, 0.15) is 12.6 Å². The van der Waals surface area contributed by atoms with Gasteiger partial charge in [0.15, 0.2) is 0 Å². The predicted molar refractivity (Wildman–Crippen MR) is 114 cm³/mol. The summed E-state index contributed by atoms with van der Waals surface area (Å²) in [6.07, 6.45) is 1.36. The van der Waals surface area contributed by atoms with Crippen LogP contribution in [0.2, 0.25) is 0 Å². The van der Waals surface area contributed by atoms with E-state index in [1.807, 2.05) is 6.07 Å². The molecular formula is C21H17N5O3S. The van der Waals surface area contributed by atoms with E-state index in [0.29, 0.717) is 33.8 Å². The van der Waals surface area contributed by atoms with Crippen LogP contribution in [0.4, 0.5) is 5.69 Å². The Morgan fingerprint density at radius 1 is 1.20 bits per heavy atom. The molecule has 2 heterocycles. The smallest absolute Gasteiger partial charge is 0.261 e. The van der Waals surface area contributed by atoms with Gasteiger partial charge in [-0.15, -0.1) is 11.8 Å². The molecule has 1 atom stereocenters. The summed E-state index contributed by atoms with van der Waals surface area (Å²) in [7, 11) is 0. The summed E-state index contributed by atoms with van der Waals surface area (Å²) in [5, 5.41) is 12.1. The van der Waals surface area contributed by atoms with Crippen LogP contribution in [-0.2, 0) is 16.1 Å². The molecule has 8 nitrogen and oxygen atoms in total. The van der Waals surface area contributed by atoms with Crippen LogP contribution in [0.5, 0.6) is 0 Å². The van der Waals surface area contributed by atoms with Crippen molar-refractivity contribution >= 4 is 40.2 Å². The van der Waals surface area contributed by atoms with Gasteiger partial charge < -0.3 is 10.2 Å². The molecule has 1 saturated heterocycles. The topological polar surface area (TPSA) is 108 Å². The number of nitriles is 1. The summed E-state index contributed by atoms with van der Waals surface area (Å²) in [5.41, 5.74) is 1.33. The van der Waals surface area contributed by atoms with E-state index in [-0.39, 0.29) is 23.9 Å². The number of fused-ring (bicyclic) bond motifs is 1. The van der Waals surface area contributed by atoms with Crippen molar-refractivity contribution in [2.75, 3.05) is 16.9 Å². The molecule has 0 saturated carbocycles. The van der Waals surface area contributed by atoms with Crippen LogP contribution in [0, 0.1) is 11.3 Å². The Morgan fingerprint density at radius 3 is 2.73 bits per heavy atom. The number of carbonyl (C=O) groups excluding carboxylic acids is 2. The zero-order valence-corrected chi connectivity index (χ0v) is 16.6. The van der Waals surface area contributed by atoms with Gasteiger partial charge in [0, 0.05) is 11.4 Å². The lowest BCUT2D eigenvalue weighted by Crippen LogP contribution is -2.46. The summed E-state index contributed by atoms with van der Waals surface area (Å²) in [4.78, 5) is 43.9. The quantitative estimate of drug-likeness (QED) is 0.691. The maximum Gasteiger partial charge on any atom is 0.261 e. The van der Waals surface area contributed by atoms with Crippen molar-refractivity contribution in [3.63, 3.8) is 0 Å². The summed E-state index contributed by atoms with van der Waals surface area (Å²) >= 11 is 1.48. The SMILES string of the molecule is N#Cc1ccc(NC(=O)C2CSCN2C(=O)Cn2cnc3ccccc3c2=O)cc1. The van der Waals surface area contributed by atoms with Gasteiger partial charge in [-0.2, -0.15) is 5.26 Å². The lowest BCUT2D eigenvalue weighted by Gasteiger charge is -2.23. The fourth-order valence-electron chi connectivity index (χ4n) is 3.21. The van der Waals surface area contributed by atoms with Crippen LogP contribution in [0.25, 0.3) is 10.9 Å². The first-order chi connectivity index (χ1) is 14.6. The molecule has 2 amide bonds. The number of anilines is 1. The number of rotatable bonds is 4. The van der Waals surface area contributed by atoms with Gasteiger partial charge in [-0.05, 0) is 36.4 Å². The van der Waals surface area contributed by atoms with Gasteiger partial charge in [-0.3, -0.25) is 19.0 Å². The molecule has 150 valence electrons. The van der Waals surface area contributed by atoms with E-state index in [9.17, 15) is 14.4 Å². The van der Waals surface area contributed by atoms with E-state index in [1.165, 1.54) is 27.6 Å². The van der Waals surface area contributed by atoms with E-state index in [4.69, 9.17) is 5.26 Å². The first-order valence-electron chi connectivity index (χ1n) is 9.19. The Labute approximate surface area is 176 Å². The summed E-state index contributed by atoms with van der Waals surface area (Å²) in [6, 6.07) is 14.9. The molecule has 1 unspecified atom stereocenters. The number of carbonyl (C=O) groups is 2. The van der Waals surface area contributed by atoms with Gasteiger partial charge in [0.25, 0.3) is 5.56 Å². The summed E-state index contributed by atoms with van der Waals surface area (Å²) in [5.74, 6) is 0.222. The number of thioether (sulfide) groups is 1. The molecule has 1 fully saturated rings. The molecule has 0 spiro atoms. The second-order valence-electron chi connectivity index (χ2n) is 6.75. The van der Waals surface area contributed by atoms with Crippen molar-refractivity contribution in [2.24, 2.45) is 0 Å². The molecule has 0 aliphatic carbocycles. The highest BCUT2D eigenvalue weighted by atomic mass is 32.2. The number of para-hydroxylation sites is 1. The monoisotopic (exact) mass is 419 g/mol. The van der Waals surface area contributed by atoms with Crippen molar-refractivity contribution in [3.8, 4) is 6.07 Å². The molecule has 4 rings (SSSR count). The van der Waals surface area contributed by atoms with Gasteiger partial charge in [-0.25, -0.2) is 4.98 Å². The van der Waals surface area contributed by atoms with E-state index in [1.54, 1.807) is 48.5 Å². The molecule has 1 N–H and O–H groups in total. The lowest BCUT2D eigenvalue weighted by atomic mass is 10.2. The van der Waals surface area contributed by atoms with Crippen molar-refractivity contribution in [1.82, 2.24) is 14.5 Å². The van der Waals surface area contributed by atoms with Gasteiger partial charge in [0.05, 0.1) is 34.7 Å². The predicted octanol–water partition coefficient (Wildman–Crippen LogP) is 1.81. The van der Waals surface area contributed by atoms with Gasteiger partial charge in [-0.1, -0.05) is 12.1 Å². The first kappa shape index (κ1) is 19.7. The van der Waals surface area contributed by atoms with E-state index in [0.717, 1.165) is 0 Å². The minimum atomic E-state index is -0.637. The van der Waals surface area contributed by atoms with Crippen molar-refractivity contribution in [1.29, 1.82) is 5.26 Å². The van der Waals surface area contributed by atoms with Crippen molar-refractivity contribution < 1.29 is 9.59 Å². The molecule has 0 bridgehead atoms. The summed E-state index contributed by atoms with van der Waals surface area (Å²) in [6.45, 7) is -0.183. The minimum Gasteiger partial charge on any atom is -0.324 e. The second kappa shape index (κ2) is 8.39. The third kappa shape index (κ3) is 3.90. The van der Waals surface area contributed by atoms with E-state index >= 15 is 0 Å². The van der Waals surface area contributed by atoms with Gasteiger partial charge in [0.2, 0.25) is 11.8 Å². The number of benzene rings is 2.